The molecule has 2 N–H and O–H groups in total. The van der Waals surface area contributed by atoms with E-state index in [0.717, 1.165) is 5.56 Å². The molecule has 5 nitrogen and oxygen atoms in total. The predicted molar refractivity (Wildman–Crippen MR) is 116 cm³/mol. The second-order valence-electron chi connectivity index (χ2n) is 6.63. The quantitative estimate of drug-likeness (QED) is 0.495. The van der Waals surface area contributed by atoms with Gasteiger partial charge in [-0.15, -0.1) is 0 Å². The van der Waals surface area contributed by atoms with Gasteiger partial charge in [0.05, 0.1) is 4.90 Å². The van der Waals surface area contributed by atoms with Crippen molar-refractivity contribution >= 4 is 33.2 Å². The van der Waals surface area contributed by atoms with Crippen LogP contribution in [0.4, 0.5) is 10.1 Å². The highest BCUT2D eigenvalue weighted by atomic mass is 35.5. The summed E-state index contributed by atoms with van der Waals surface area (Å²) in [5, 5.41) is 3.24. The van der Waals surface area contributed by atoms with Crippen molar-refractivity contribution in [1.82, 2.24) is 5.32 Å². The molecule has 0 saturated heterocycles. The van der Waals surface area contributed by atoms with Crippen LogP contribution in [0.1, 0.15) is 22.3 Å². The molecule has 0 unspecified atom stereocenters. The molecule has 0 fully saturated rings. The van der Waals surface area contributed by atoms with Gasteiger partial charge in [-0.25, -0.2) is 12.8 Å². The fourth-order valence-electron chi connectivity index (χ4n) is 2.80. The van der Waals surface area contributed by atoms with Crippen LogP contribution in [-0.4, -0.2) is 20.9 Å². The Labute approximate surface area is 179 Å². The molecule has 0 spiro atoms. The van der Waals surface area contributed by atoms with Crippen LogP contribution in [0, 0.1) is 5.82 Å². The van der Waals surface area contributed by atoms with Crippen LogP contribution >= 0.6 is 11.6 Å². The van der Waals surface area contributed by atoms with Gasteiger partial charge in [0.1, 0.15) is 5.82 Å². The Morgan fingerprint density at radius 3 is 2.37 bits per heavy atom. The second-order valence-corrected chi connectivity index (χ2v) is 8.74. The van der Waals surface area contributed by atoms with Crippen molar-refractivity contribution in [2.24, 2.45) is 0 Å². The Bertz CT molecular complexity index is 1120. The van der Waals surface area contributed by atoms with Gasteiger partial charge in [0, 0.05) is 22.8 Å². The standard InChI is InChI=1S/C22H20ClFN2O3S/c23-18-8-12-21(13-9-18)30(28,29)26-20-5-1-4-17(15-20)22(27)25-14-2-3-16-6-10-19(24)11-7-16/h1,4-13,15,26H,2-3,14H2,(H,25,27). The van der Waals surface area contributed by atoms with E-state index in [1.807, 2.05) is 0 Å². The number of aryl methyl sites for hydroxylation is 1. The van der Waals surface area contributed by atoms with E-state index in [1.54, 1.807) is 30.3 Å². The molecule has 0 bridgehead atoms. The van der Waals surface area contributed by atoms with Gasteiger partial charge < -0.3 is 5.32 Å². The number of rotatable bonds is 8. The van der Waals surface area contributed by atoms with E-state index in [1.165, 1.54) is 42.5 Å². The van der Waals surface area contributed by atoms with E-state index in [-0.39, 0.29) is 22.3 Å². The number of nitrogens with one attached hydrogen (secondary N) is 2. The highest BCUT2D eigenvalue weighted by molar-refractivity contribution is 7.92. The van der Waals surface area contributed by atoms with Gasteiger partial charge in [0.15, 0.2) is 0 Å². The first-order chi connectivity index (χ1) is 14.3. The van der Waals surface area contributed by atoms with E-state index in [9.17, 15) is 17.6 Å². The molecule has 156 valence electrons. The van der Waals surface area contributed by atoms with Crippen molar-refractivity contribution < 1.29 is 17.6 Å². The molecular formula is C22H20ClFN2O3S. The van der Waals surface area contributed by atoms with Gasteiger partial charge in [-0.05, 0) is 73.0 Å². The van der Waals surface area contributed by atoms with Gasteiger partial charge >= 0.3 is 0 Å². The number of carbonyl (C=O) groups excluding carboxylic acids is 1. The van der Waals surface area contributed by atoms with E-state index in [0.29, 0.717) is 30.0 Å². The lowest BCUT2D eigenvalue weighted by atomic mass is 10.1. The maximum Gasteiger partial charge on any atom is 0.261 e. The Kier molecular flexibility index (Phi) is 7.07. The van der Waals surface area contributed by atoms with Gasteiger partial charge in [-0.1, -0.05) is 29.8 Å². The van der Waals surface area contributed by atoms with Gasteiger partial charge in [0.2, 0.25) is 0 Å². The lowest BCUT2D eigenvalue weighted by molar-refractivity contribution is 0.0953. The molecule has 3 rings (SSSR count). The van der Waals surface area contributed by atoms with Crippen molar-refractivity contribution in [3.63, 3.8) is 0 Å². The Morgan fingerprint density at radius 1 is 0.967 bits per heavy atom. The number of hydrogen-bond acceptors (Lipinski definition) is 3. The van der Waals surface area contributed by atoms with Crippen molar-refractivity contribution in [3.8, 4) is 0 Å². The van der Waals surface area contributed by atoms with Crippen molar-refractivity contribution in [1.29, 1.82) is 0 Å². The average molecular weight is 447 g/mol. The largest absolute Gasteiger partial charge is 0.352 e. The molecule has 0 radical (unpaired) electrons. The van der Waals surface area contributed by atoms with Crippen LogP contribution < -0.4 is 10.0 Å². The summed E-state index contributed by atoms with van der Waals surface area (Å²) in [7, 11) is -3.79. The maximum absolute atomic E-state index is 12.9. The summed E-state index contributed by atoms with van der Waals surface area (Å²) in [6.45, 7) is 0.441. The Balaban J connectivity index is 1.56. The van der Waals surface area contributed by atoms with Crippen LogP contribution in [0.5, 0.6) is 0 Å². The zero-order valence-corrected chi connectivity index (χ0v) is 17.5. The molecule has 3 aromatic rings. The van der Waals surface area contributed by atoms with E-state index in [4.69, 9.17) is 11.6 Å². The van der Waals surface area contributed by atoms with Crippen molar-refractivity contribution in [2.45, 2.75) is 17.7 Å². The monoisotopic (exact) mass is 446 g/mol. The summed E-state index contributed by atoms with van der Waals surface area (Å²) >= 11 is 5.80. The number of amides is 1. The van der Waals surface area contributed by atoms with E-state index >= 15 is 0 Å². The summed E-state index contributed by atoms with van der Waals surface area (Å²) in [5.74, 6) is -0.583. The first-order valence-electron chi connectivity index (χ1n) is 9.24. The third kappa shape index (κ3) is 6.05. The van der Waals surface area contributed by atoms with Gasteiger partial charge in [0.25, 0.3) is 15.9 Å². The van der Waals surface area contributed by atoms with Crippen molar-refractivity contribution in [2.75, 3.05) is 11.3 Å². The SMILES string of the molecule is O=C(NCCCc1ccc(F)cc1)c1cccc(NS(=O)(=O)c2ccc(Cl)cc2)c1. The average Bonchev–Trinajstić information content (AvgIpc) is 2.72. The fourth-order valence-corrected chi connectivity index (χ4v) is 3.97. The summed E-state index contributed by atoms with van der Waals surface area (Å²) in [6.07, 6.45) is 1.40. The minimum atomic E-state index is -3.79. The first kappa shape index (κ1) is 21.8. The molecule has 0 aliphatic carbocycles. The number of hydrogen-bond donors (Lipinski definition) is 2. The number of anilines is 1. The number of sulfonamides is 1. The number of carbonyl (C=O) groups is 1. The van der Waals surface area contributed by atoms with Gasteiger partial charge in [-0.3, -0.25) is 9.52 Å². The Morgan fingerprint density at radius 2 is 1.67 bits per heavy atom. The topological polar surface area (TPSA) is 75.3 Å². The molecule has 30 heavy (non-hydrogen) atoms. The third-order valence-electron chi connectivity index (χ3n) is 4.34. The van der Waals surface area contributed by atoms with E-state index in [2.05, 4.69) is 10.0 Å². The summed E-state index contributed by atoms with van der Waals surface area (Å²) in [4.78, 5) is 12.4. The molecule has 0 aromatic heterocycles. The summed E-state index contributed by atoms with van der Waals surface area (Å²) < 4.78 is 40.3. The van der Waals surface area contributed by atoms with Crippen LogP contribution in [0.3, 0.4) is 0 Å². The van der Waals surface area contributed by atoms with Crippen molar-refractivity contribution in [3.05, 3.63) is 94.8 Å². The zero-order chi connectivity index (χ0) is 21.6. The summed E-state index contributed by atoms with van der Waals surface area (Å²) in [5.41, 5.74) is 1.61. The molecular weight excluding hydrogens is 427 g/mol. The van der Waals surface area contributed by atoms with Crippen LogP contribution in [0.2, 0.25) is 5.02 Å². The maximum atomic E-state index is 12.9. The minimum absolute atomic E-state index is 0.0718. The highest BCUT2D eigenvalue weighted by Gasteiger charge is 2.15. The molecule has 0 atom stereocenters. The van der Waals surface area contributed by atoms with E-state index < -0.39 is 10.0 Å². The van der Waals surface area contributed by atoms with Crippen LogP contribution in [0.25, 0.3) is 0 Å². The molecule has 0 heterocycles. The Hall–Kier alpha value is -2.90. The summed E-state index contributed by atoms with van der Waals surface area (Å²) in [6, 6.07) is 18.3. The van der Waals surface area contributed by atoms with Crippen LogP contribution in [0.15, 0.2) is 77.7 Å². The smallest absolute Gasteiger partial charge is 0.261 e. The molecule has 0 saturated carbocycles. The number of halogens is 2. The molecule has 1 amide bonds. The predicted octanol–water partition coefficient (Wildman–Crippen LogP) is 4.64. The second kappa shape index (κ2) is 9.73. The number of benzene rings is 3. The minimum Gasteiger partial charge on any atom is -0.352 e. The molecule has 3 aromatic carbocycles. The third-order valence-corrected chi connectivity index (χ3v) is 5.99. The first-order valence-corrected chi connectivity index (χ1v) is 11.1. The highest BCUT2D eigenvalue weighted by Crippen LogP contribution is 2.19. The lowest BCUT2D eigenvalue weighted by Gasteiger charge is -2.10. The molecule has 0 aliphatic rings. The normalized spacial score (nSPS) is 11.1. The lowest BCUT2D eigenvalue weighted by Crippen LogP contribution is -2.25. The van der Waals surface area contributed by atoms with Crippen LogP contribution in [-0.2, 0) is 16.4 Å². The fraction of sp³-hybridized carbons (Fsp3) is 0.136. The zero-order valence-electron chi connectivity index (χ0n) is 15.9. The molecule has 0 aliphatic heterocycles. The molecule has 8 heteroatoms. The van der Waals surface area contributed by atoms with Gasteiger partial charge in [-0.2, -0.15) is 0 Å².